The largest absolute Gasteiger partial charge is 0.355 e. The molecule has 0 aromatic heterocycles. The lowest BCUT2D eigenvalue weighted by molar-refractivity contribution is -0.125. The van der Waals surface area contributed by atoms with Crippen molar-refractivity contribution in [2.24, 2.45) is 0 Å². The van der Waals surface area contributed by atoms with Gasteiger partial charge in [0.1, 0.15) is 5.82 Å². The highest BCUT2D eigenvalue weighted by Gasteiger charge is 2.27. The van der Waals surface area contributed by atoms with Crippen LogP contribution in [0.3, 0.4) is 0 Å². The van der Waals surface area contributed by atoms with E-state index < -0.39 is 0 Å². The number of amides is 2. The molecular formula is C21H24FN3O2. The van der Waals surface area contributed by atoms with Crippen molar-refractivity contribution in [1.29, 1.82) is 0 Å². The Balaban J connectivity index is 1.68. The summed E-state index contributed by atoms with van der Waals surface area (Å²) in [6.07, 6.45) is 0.324. The maximum Gasteiger partial charge on any atom is 0.234 e. The second-order valence-corrected chi connectivity index (χ2v) is 6.79. The van der Waals surface area contributed by atoms with Gasteiger partial charge in [-0.3, -0.25) is 14.5 Å². The molecule has 6 heteroatoms. The molecule has 2 amide bonds. The first-order valence-electron chi connectivity index (χ1n) is 9.13. The molecule has 0 saturated carbocycles. The predicted octanol–water partition coefficient (Wildman–Crippen LogP) is 2.57. The Morgan fingerprint density at radius 3 is 2.63 bits per heavy atom. The number of hydrogen-bond acceptors (Lipinski definition) is 3. The van der Waals surface area contributed by atoms with E-state index >= 15 is 0 Å². The van der Waals surface area contributed by atoms with E-state index in [1.54, 1.807) is 12.1 Å². The highest BCUT2D eigenvalue weighted by Crippen LogP contribution is 2.25. The molecule has 1 aliphatic rings. The van der Waals surface area contributed by atoms with E-state index in [2.05, 4.69) is 10.6 Å². The fraction of sp³-hybridized carbons (Fsp3) is 0.333. The first kappa shape index (κ1) is 19.0. The summed E-state index contributed by atoms with van der Waals surface area (Å²) < 4.78 is 13.1. The van der Waals surface area contributed by atoms with Crippen molar-refractivity contribution < 1.29 is 14.0 Å². The zero-order chi connectivity index (χ0) is 19.2. The van der Waals surface area contributed by atoms with E-state index in [-0.39, 0.29) is 36.3 Å². The molecule has 2 aromatic rings. The van der Waals surface area contributed by atoms with Crippen LogP contribution in [0.4, 0.5) is 4.39 Å². The van der Waals surface area contributed by atoms with Gasteiger partial charge in [-0.2, -0.15) is 0 Å². The van der Waals surface area contributed by atoms with E-state index in [0.717, 1.165) is 11.1 Å². The van der Waals surface area contributed by atoms with Crippen LogP contribution in [0.2, 0.25) is 0 Å². The van der Waals surface area contributed by atoms with Crippen molar-refractivity contribution >= 4 is 11.8 Å². The maximum atomic E-state index is 13.1. The maximum absolute atomic E-state index is 13.1. The van der Waals surface area contributed by atoms with E-state index in [0.29, 0.717) is 19.5 Å². The predicted molar refractivity (Wildman–Crippen MR) is 101 cm³/mol. The van der Waals surface area contributed by atoms with Crippen LogP contribution >= 0.6 is 0 Å². The first-order chi connectivity index (χ1) is 13.0. The summed E-state index contributed by atoms with van der Waals surface area (Å²) in [5.74, 6) is -0.432. The molecule has 0 bridgehead atoms. The molecule has 0 aliphatic carbocycles. The van der Waals surface area contributed by atoms with Gasteiger partial charge in [-0.1, -0.05) is 42.5 Å². The molecule has 5 nitrogen and oxygen atoms in total. The lowest BCUT2D eigenvalue weighted by atomic mass is 10.0. The van der Waals surface area contributed by atoms with Crippen molar-refractivity contribution in [3.05, 3.63) is 71.5 Å². The molecule has 2 aromatic carbocycles. The van der Waals surface area contributed by atoms with Gasteiger partial charge < -0.3 is 10.6 Å². The molecule has 1 fully saturated rings. The summed E-state index contributed by atoms with van der Waals surface area (Å²) in [4.78, 5) is 26.6. The molecule has 0 unspecified atom stereocenters. The summed E-state index contributed by atoms with van der Waals surface area (Å²) >= 11 is 0. The lowest BCUT2D eigenvalue weighted by Gasteiger charge is -2.29. The van der Waals surface area contributed by atoms with Crippen molar-refractivity contribution in [2.45, 2.75) is 25.4 Å². The van der Waals surface area contributed by atoms with Crippen molar-refractivity contribution in [1.82, 2.24) is 15.5 Å². The van der Waals surface area contributed by atoms with Crippen LogP contribution in [0.15, 0.2) is 54.6 Å². The smallest absolute Gasteiger partial charge is 0.234 e. The van der Waals surface area contributed by atoms with E-state index in [9.17, 15) is 14.0 Å². The normalized spacial score (nSPS) is 19.0. The molecular weight excluding hydrogens is 345 g/mol. The van der Waals surface area contributed by atoms with Crippen LogP contribution in [-0.4, -0.2) is 36.3 Å². The van der Waals surface area contributed by atoms with Crippen LogP contribution in [0.1, 0.15) is 36.6 Å². The molecule has 2 N–H and O–H groups in total. The standard InChI is InChI=1S/C21H24FN3O2/c1-15(16-7-9-18(22)10-8-16)24-21(27)14-25-12-11-23-20(26)13-19(25)17-5-3-2-4-6-17/h2-10,15,19H,11-14H2,1H3,(H,23,26)(H,24,27)/t15-,19+/m0/s1. The second-order valence-electron chi connectivity index (χ2n) is 6.79. The third kappa shape index (κ3) is 5.14. The van der Waals surface area contributed by atoms with E-state index in [4.69, 9.17) is 0 Å². The van der Waals surface area contributed by atoms with Crippen LogP contribution in [-0.2, 0) is 9.59 Å². The number of nitrogens with zero attached hydrogens (tertiary/aromatic N) is 1. The van der Waals surface area contributed by atoms with Crippen LogP contribution in [0.5, 0.6) is 0 Å². The zero-order valence-electron chi connectivity index (χ0n) is 15.3. The zero-order valence-corrected chi connectivity index (χ0v) is 15.3. The topological polar surface area (TPSA) is 61.4 Å². The van der Waals surface area contributed by atoms with Gasteiger partial charge >= 0.3 is 0 Å². The van der Waals surface area contributed by atoms with Crippen molar-refractivity contribution in [2.75, 3.05) is 19.6 Å². The highest BCUT2D eigenvalue weighted by molar-refractivity contribution is 5.79. The second kappa shape index (κ2) is 8.77. The summed E-state index contributed by atoms with van der Waals surface area (Å²) in [6.45, 7) is 3.18. The number of rotatable bonds is 5. The first-order valence-corrected chi connectivity index (χ1v) is 9.13. The Morgan fingerprint density at radius 2 is 1.93 bits per heavy atom. The minimum absolute atomic E-state index is 0.00792. The minimum atomic E-state index is -0.301. The third-order valence-electron chi connectivity index (χ3n) is 4.82. The van der Waals surface area contributed by atoms with Gasteiger partial charge in [0, 0.05) is 25.6 Å². The lowest BCUT2D eigenvalue weighted by Crippen LogP contribution is -2.41. The Bertz CT molecular complexity index is 780. The van der Waals surface area contributed by atoms with Gasteiger partial charge in [0.15, 0.2) is 0 Å². The Morgan fingerprint density at radius 1 is 1.22 bits per heavy atom. The summed E-state index contributed by atoms with van der Waals surface area (Å²) in [6, 6.07) is 15.5. The average molecular weight is 369 g/mol. The number of carbonyl (C=O) groups is 2. The number of hydrogen-bond donors (Lipinski definition) is 2. The molecule has 2 atom stereocenters. The minimum Gasteiger partial charge on any atom is -0.355 e. The van der Waals surface area contributed by atoms with E-state index in [1.165, 1.54) is 12.1 Å². The SMILES string of the molecule is C[C@H](NC(=O)CN1CCNC(=O)C[C@@H]1c1ccccc1)c1ccc(F)cc1. The number of benzene rings is 2. The third-order valence-corrected chi connectivity index (χ3v) is 4.82. The fourth-order valence-corrected chi connectivity index (χ4v) is 3.37. The average Bonchev–Trinajstić information content (AvgIpc) is 2.84. The molecule has 0 spiro atoms. The summed E-state index contributed by atoms with van der Waals surface area (Å²) in [7, 11) is 0. The molecule has 0 radical (unpaired) electrons. The van der Waals surface area contributed by atoms with Gasteiger partial charge in [-0.05, 0) is 30.2 Å². The molecule has 1 aliphatic heterocycles. The van der Waals surface area contributed by atoms with E-state index in [1.807, 2.05) is 42.2 Å². The quantitative estimate of drug-likeness (QED) is 0.852. The summed E-state index contributed by atoms with van der Waals surface area (Å²) in [5, 5.41) is 5.83. The van der Waals surface area contributed by atoms with Gasteiger partial charge in [-0.25, -0.2) is 4.39 Å². The van der Waals surface area contributed by atoms with Crippen molar-refractivity contribution in [3.8, 4) is 0 Å². The van der Waals surface area contributed by atoms with Gasteiger partial charge in [0.2, 0.25) is 11.8 Å². The number of carbonyl (C=O) groups excluding carboxylic acids is 2. The Hall–Kier alpha value is -2.73. The number of nitrogens with one attached hydrogen (secondary N) is 2. The van der Waals surface area contributed by atoms with Crippen LogP contribution in [0, 0.1) is 5.82 Å². The van der Waals surface area contributed by atoms with Crippen molar-refractivity contribution in [3.63, 3.8) is 0 Å². The fourth-order valence-electron chi connectivity index (χ4n) is 3.37. The monoisotopic (exact) mass is 369 g/mol. The molecule has 27 heavy (non-hydrogen) atoms. The van der Waals surface area contributed by atoms with Gasteiger partial charge in [0.25, 0.3) is 0 Å². The molecule has 1 saturated heterocycles. The van der Waals surface area contributed by atoms with Gasteiger partial charge in [0.05, 0.1) is 12.6 Å². The molecule has 142 valence electrons. The molecule has 1 heterocycles. The Labute approximate surface area is 158 Å². The van der Waals surface area contributed by atoms with Gasteiger partial charge in [-0.15, -0.1) is 0 Å². The molecule has 3 rings (SSSR count). The summed E-state index contributed by atoms with van der Waals surface area (Å²) in [5.41, 5.74) is 1.87. The van der Waals surface area contributed by atoms with Crippen LogP contribution < -0.4 is 10.6 Å². The number of halogens is 1. The van der Waals surface area contributed by atoms with Crippen LogP contribution in [0.25, 0.3) is 0 Å². The highest BCUT2D eigenvalue weighted by atomic mass is 19.1. The Kier molecular flexibility index (Phi) is 6.19.